The van der Waals surface area contributed by atoms with Crippen LogP contribution >= 0.6 is 0 Å². The number of hydrogen-bond acceptors (Lipinski definition) is 6. The Morgan fingerprint density at radius 1 is 1.25 bits per heavy atom. The Hall–Kier alpha value is -2.41. The molecule has 7 heteroatoms. The molecule has 24 heavy (non-hydrogen) atoms. The van der Waals surface area contributed by atoms with Crippen LogP contribution in [0.2, 0.25) is 0 Å². The van der Waals surface area contributed by atoms with E-state index in [0.29, 0.717) is 31.5 Å². The number of amides is 1. The Balaban J connectivity index is 1.82. The number of ether oxygens (including phenoxy) is 1. The summed E-state index contributed by atoms with van der Waals surface area (Å²) in [6.07, 6.45) is 1.25. The second-order valence-corrected chi connectivity index (χ2v) is 5.68. The number of nitrogens with one attached hydrogen (secondary N) is 1. The lowest BCUT2D eigenvalue weighted by molar-refractivity contribution is -0.121. The predicted octanol–water partition coefficient (Wildman–Crippen LogP) is 1.91. The van der Waals surface area contributed by atoms with E-state index in [1.165, 1.54) is 0 Å². The van der Waals surface area contributed by atoms with E-state index in [0.717, 1.165) is 25.1 Å². The van der Waals surface area contributed by atoms with Crippen molar-refractivity contribution in [2.75, 3.05) is 31.2 Å². The highest BCUT2D eigenvalue weighted by molar-refractivity contribution is 5.76. The number of benzene rings is 1. The van der Waals surface area contributed by atoms with Gasteiger partial charge in [-0.15, -0.1) is 5.10 Å². The first-order chi connectivity index (χ1) is 11.8. The van der Waals surface area contributed by atoms with Gasteiger partial charge in [-0.1, -0.05) is 42.4 Å². The van der Waals surface area contributed by atoms with Crippen LogP contribution in [0.25, 0.3) is 0 Å². The molecule has 0 saturated carbocycles. The van der Waals surface area contributed by atoms with Gasteiger partial charge < -0.3 is 19.4 Å². The molecule has 0 bridgehead atoms. The third-order valence-corrected chi connectivity index (χ3v) is 3.87. The lowest BCUT2D eigenvalue weighted by Gasteiger charge is -2.24. The van der Waals surface area contributed by atoms with E-state index in [-0.39, 0.29) is 5.91 Å². The van der Waals surface area contributed by atoms with E-state index in [4.69, 9.17) is 9.15 Å². The van der Waals surface area contributed by atoms with Gasteiger partial charge in [0.2, 0.25) is 11.8 Å². The van der Waals surface area contributed by atoms with Crippen molar-refractivity contribution in [2.24, 2.45) is 0 Å². The van der Waals surface area contributed by atoms with Gasteiger partial charge in [-0.05, 0) is 12.0 Å². The van der Waals surface area contributed by atoms with Crippen LogP contribution in [-0.2, 0) is 9.53 Å². The van der Waals surface area contributed by atoms with Crippen LogP contribution in [0.3, 0.4) is 0 Å². The fourth-order valence-corrected chi connectivity index (χ4v) is 2.62. The SMILES string of the molecule is CCCC(=O)N[C@@H](c1ccccc1)c1nnc(N2CCOCC2)o1. The topological polar surface area (TPSA) is 80.5 Å². The number of hydrogen-bond donors (Lipinski definition) is 1. The second kappa shape index (κ2) is 7.92. The molecule has 1 atom stereocenters. The van der Waals surface area contributed by atoms with Crippen LogP contribution in [0.4, 0.5) is 6.01 Å². The summed E-state index contributed by atoms with van der Waals surface area (Å²) in [5.74, 6) is 0.365. The van der Waals surface area contributed by atoms with Gasteiger partial charge in [-0.25, -0.2) is 0 Å². The highest BCUT2D eigenvalue weighted by Gasteiger charge is 2.25. The van der Waals surface area contributed by atoms with E-state index in [1.54, 1.807) is 0 Å². The third-order valence-electron chi connectivity index (χ3n) is 3.87. The van der Waals surface area contributed by atoms with Gasteiger partial charge in [0.1, 0.15) is 6.04 Å². The van der Waals surface area contributed by atoms with Crippen molar-refractivity contribution in [3.63, 3.8) is 0 Å². The number of carbonyl (C=O) groups excluding carboxylic acids is 1. The van der Waals surface area contributed by atoms with Crippen LogP contribution < -0.4 is 10.2 Å². The van der Waals surface area contributed by atoms with E-state index < -0.39 is 6.04 Å². The zero-order valence-corrected chi connectivity index (χ0v) is 13.8. The molecular weight excluding hydrogens is 308 g/mol. The second-order valence-electron chi connectivity index (χ2n) is 5.68. The van der Waals surface area contributed by atoms with Gasteiger partial charge in [-0.2, -0.15) is 0 Å². The summed E-state index contributed by atoms with van der Waals surface area (Å²) in [4.78, 5) is 14.1. The molecule has 1 amide bonds. The van der Waals surface area contributed by atoms with E-state index in [1.807, 2.05) is 42.2 Å². The van der Waals surface area contributed by atoms with E-state index >= 15 is 0 Å². The first-order valence-corrected chi connectivity index (χ1v) is 8.28. The number of morpholine rings is 1. The monoisotopic (exact) mass is 330 g/mol. The molecule has 0 radical (unpaired) electrons. The summed E-state index contributed by atoms with van der Waals surface area (Å²) in [5.41, 5.74) is 0.916. The van der Waals surface area contributed by atoms with Crippen molar-refractivity contribution in [2.45, 2.75) is 25.8 Å². The van der Waals surface area contributed by atoms with Crippen molar-refractivity contribution in [3.8, 4) is 0 Å². The molecule has 128 valence electrons. The lowest BCUT2D eigenvalue weighted by Crippen LogP contribution is -2.36. The molecule has 1 aliphatic rings. The number of nitrogens with zero attached hydrogens (tertiary/aromatic N) is 3. The molecule has 3 rings (SSSR count). The minimum absolute atomic E-state index is 0.0301. The fraction of sp³-hybridized carbons (Fsp3) is 0.471. The third kappa shape index (κ3) is 3.91. The highest BCUT2D eigenvalue weighted by atomic mass is 16.5. The molecule has 1 N–H and O–H groups in total. The van der Waals surface area contributed by atoms with Gasteiger partial charge in [0.15, 0.2) is 0 Å². The molecular formula is C17H22N4O3. The Kier molecular flexibility index (Phi) is 5.43. The first kappa shape index (κ1) is 16.4. The number of carbonyl (C=O) groups is 1. The predicted molar refractivity (Wildman–Crippen MR) is 88.7 cm³/mol. The summed E-state index contributed by atoms with van der Waals surface area (Å²) in [7, 11) is 0. The molecule has 1 aromatic heterocycles. The van der Waals surface area contributed by atoms with Gasteiger partial charge in [-0.3, -0.25) is 4.79 Å². The number of aromatic nitrogens is 2. The van der Waals surface area contributed by atoms with Crippen LogP contribution in [0, 0.1) is 0 Å². The molecule has 7 nitrogen and oxygen atoms in total. The fourth-order valence-electron chi connectivity index (χ4n) is 2.62. The van der Waals surface area contributed by atoms with Gasteiger partial charge in [0.05, 0.1) is 13.2 Å². The Morgan fingerprint density at radius 3 is 2.71 bits per heavy atom. The quantitative estimate of drug-likeness (QED) is 0.871. The van der Waals surface area contributed by atoms with Gasteiger partial charge in [0, 0.05) is 19.5 Å². The Morgan fingerprint density at radius 2 is 2.00 bits per heavy atom. The number of rotatable bonds is 6. The molecule has 1 fully saturated rings. The lowest BCUT2D eigenvalue weighted by atomic mass is 10.1. The van der Waals surface area contributed by atoms with Crippen molar-refractivity contribution >= 4 is 11.9 Å². The molecule has 2 heterocycles. The average molecular weight is 330 g/mol. The zero-order valence-electron chi connectivity index (χ0n) is 13.8. The minimum atomic E-state index is -0.437. The maximum Gasteiger partial charge on any atom is 0.318 e. The van der Waals surface area contributed by atoms with Crippen LogP contribution in [0.15, 0.2) is 34.7 Å². The molecule has 0 spiro atoms. The van der Waals surface area contributed by atoms with Crippen molar-refractivity contribution < 1.29 is 13.9 Å². The summed E-state index contributed by atoms with van der Waals surface area (Å²) >= 11 is 0. The molecule has 1 saturated heterocycles. The smallest absolute Gasteiger partial charge is 0.318 e. The molecule has 0 unspecified atom stereocenters. The molecule has 2 aromatic rings. The minimum Gasteiger partial charge on any atom is -0.405 e. The Labute approximate surface area is 141 Å². The summed E-state index contributed by atoms with van der Waals surface area (Å²) in [6.45, 7) is 4.71. The summed E-state index contributed by atoms with van der Waals surface area (Å²) < 4.78 is 11.2. The zero-order chi connectivity index (χ0) is 16.8. The first-order valence-electron chi connectivity index (χ1n) is 8.28. The van der Waals surface area contributed by atoms with Crippen molar-refractivity contribution in [1.29, 1.82) is 0 Å². The molecule has 0 aliphatic carbocycles. The highest BCUT2D eigenvalue weighted by Crippen LogP contribution is 2.24. The number of anilines is 1. The van der Waals surface area contributed by atoms with Gasteiger partial charge in [0.25, 0.3) is 0 Å². The van der Waals surface area contributed by atoms with Crippen LogP contribution in [-0.4, -0.2) is 42.4 Å². The largest absolute Gasteiger partial charge is 0.405 e. The normalized spacial score (nSPS) is 16.0. The molecule has 1 aliphatic heterocycles. The van der Waals surface area contributed by atoms with E-state index in [9.17, 15) is 4.79 Å². The average Bonchev–Trinajstić information content (AvgIpc) is 3.11. The maximum absolute atomic E-state index is 12.1. The van der Waals surface area contributed by atoms with Crippen molar-refractivity contribution in [3.05, 3.63) is 41.8 Å². The maximum atomic E-state index is 12.1. The van der Waals surface area contributed by atoms with Gasteiger partial charge >= 0.3 is 6.01 Å². The van der Waals surface area contributed by atoms with E-state index in [2.05, 4.69) is 15.5 Å². The van der Waals surface area contributed by atoms with Crippen molar-refractivity contribution in [1.82, 2.24) is 15.5 Å². The van der Waals surface area contributed by atoms with Crippen LogP contribution in [0.1, 0.15) is 37.3 Å². The summed E-state index contributed by atoms with van der Waals surface area (Å²) in [5, 5.41) is 11.3. The standard InChI is InChI=1S/C17H22N4O3/c1-2-6-14(22)18-15(13-7-4-3-5-8-13)16-19-20-17(24-16)21-9-11-23-12-10-21/h3-5,7-8,15H,2,6,9-12H2,1H3,(H,18,22)/t15-/m0/s1. The Bertz CT molecular complexity index is 653. The molecule has 1 aromatic carbocycles. The van der Waals surface area contributed by atoms with Crippen LogP contribution in [0.5, 0.6) is 0 Å². The summed E-state index contributed by atoms with van der Waals surface area (Å²) in [6, 6.07) is 9.69.